The normalized spacial score (nSPS) is 16.7. The molecule has 0 aliphatic carbocycles. The van der Waals surface area contributed by atoms with E-state index in [4.69, 9.17) is 4.74 Å². The summed E-state index contributed by atoms with van der Waals surface area (Å²) >= 11 is 0. The second-order valence-corrected chi connectivity index (χ2v) is 3.75. The van der Waals surface area contributed by atoms with Crippen molar-refractivity contribution in [1.82, 2.24) is 10.3 Å². The highest BCUT2D eigenvalue weighted by Crippen LogP contribution is 2.30. The molecule has 0 unspecified atom stereocenters. The Bertz CT molecular complexity index is 552. The molecule has 1 aliphatic heterocycles. The molecule has 2 heterocycles. The summed E-state index contributed by atoms with van der Waals surface area (Å²) in [5.41, 5.74) is 0.556. The zero-order chi connectivity index (χ0) is 11.8. The number of nitrogens with zero attached hydrogens (tertiary/aromatic N) is 3. The van der Waals surface area contributed by atoms with Crippen LogP contribution in [0.1, 0.15) is 0 Å². The van der Waals surface area contributed by atoms with E-state index in [1.807, 2.05) is 0 Å². The van der Waals surface area contributed by atoms with Crippen molar-refractivity contribution in [2.24, 2.45) is 0 Å². The number of anilines is 1. The lowest BCUT2D eigenvalue weighted by Gasteiger charge is -2.28. The fraction of sp³-hybridized carbons (Fsp3) is 0.400. The van der Waals surface area contributed by atoms with Gasteiger partial charge in [-0.15, -0.1) is 0 Å². The van der Waals surface area contributed by atoms with Crippen LogP contribution in [0.2, 0.25) is 0 Å². The summed E-state index contributed by atoms with van der Waals surface area (Å²) in [6.07, 6.45) is 0. The molecule has 0 radical (unpaired) electrons. The lowest BCUT2D eigenvalue weighted by molar-refractivity contribution is 0.122. The van der Waals surface area contributed by atoms with Gasteiger partial charge >= 0.3 is 0 Å². The fourth-order valence-electron chi connectivity index (χ4n) is 1.93. The minimum atomic E-state index is -0.949. The predicted molar refractivity (Wildman–Crippen MR) is 54.8 cm³/mol. The molecule has 0 atom stereocenters. The molecule has 1 aromatic carbocycles. The van der Waals surface area contributed by atoms with Gasteiger partial charge in [-0.05, 0) is 10.3 Å². The van der Waals surface area contributed by atoms with E-state index >= 15 is 0 Å². The van der Waals surface area contributed by atoms with E-state index in [1.54, 1.807) is 4.90 Å². The monoisotopic (exact) mass is 241 g/mol. The van der Waals surface area contributed by atoms with Crippen LogP contribution in [0.5, 0.6) is 0 Å². The molecular weight excluding hydrogens is 232 g/mol. The van der Waals surface area contributed by atoms with E-state index in [1.165, 1.54) is 0 Å². The third-order valence-electron chi connectivity index (χ3n) is 2.75. The molecule has 1 aromatic heterocycles. The maximum atomic E-state index is 13.8. The quantitative estimate of drug-likeness (QED) is 0.754. The lowest BCUT2D eigenvalue weighted by Crippen LogP contribution is -2.37. The third kappa shape index (κ3) is 1.62. The fourth-order valence-corrected chi connectivity index (χ4v) is 1.93. The third-order valence-corrected chi connectivity index (χ3v) is 2.75. The van der Waals surface area contributed by atoms with Crippen molar-refractivity contribution in [3.05, 3.63) is 17.7 Å². The molecule has 1 aliphatic rings. The Morgan fingerprint density at radius 3 is 2.71 bits per heavy atom. The Morgan fingerprint density at radius 1 is 1.18 bits per heavy atom. The Hall–Kier alpha value is -1.76. The van der Waals surface area contributed by atoms with Gasteiger partial charge in [0.2, 0.25) is 0 Å². The first-order valence-electron chi connectivity index (χ1n) is 5.20. The molecule has 0 spiro atoms. The van der Waals surface area contributed by atoms with Crippen LogP contribution < -0.4 is 4.90 Å². The molecule has 0 saturated carbocycles. The van der Waals surface area contributed by atoms with Gasteiger partial charge in [0.15, 0.2) is 17.2 Å². The maximum Gasteiger partial charge on any atom is 0.184 e. The molecule has 3 rings (SSSR count). The van der Waals surface area contributed by atoms with Crippen molar-refractivity contribution in [1.29, 1.82) is 0 Å². The van der Waals surface area contributed by atoms with Gasteiger partial charge in [0.1, 0.15) is 11.2 Å². The van der Waals surface area contributed by atoms with Crippen LogP contribution in [0.3, 0.4) is 0 Å². The number of hydrogen-bond donors (Lipinski definition) is 0. The summed E-state index contributed by atoms with van der Waals surface area (Å²) < 4.78 is 36.9. The zero-order valence-corrected chi connectivity index (χ0v) is 8.82. The molecule has 0 N–H and O–H groups in total. The van der Waals surface area contributed by atoms with Crippen LogP contribution in [0.25, 0.3) is 11.0 Å². The van der Waals surface area contributed by atoms with Crippen molar-refractivity contribution < 1.29 is 18.1 Å². The minimum Gasteiger partial charge on any atom is -0.378 e. The van der Waals surface area contributed by atoms with Crippen LogP contribution in [0, 0.1) is 11.6 Å². The van der Waals surface area contributed by atoms with Crippen LogP contribution in [0.4, 0.5) is 14.5 Å². The first-order chi connectivity index (χ1) is 8.27. The molecular formula is C10H9F2N3O2. The predicted octanol–water partition coefficient (Wildman–Crippen LogP) is 1.34. The van der Waals surface area contributed by atoms with E-state index in [0.29, 0.717) is 26.3 Å². The molecule has 7 heteroatoms. The van der Waals surface area contributed by atoms with Gasteiger partial charge in [-0.2, -0.15) is 0 Å². The Balaban J connectivity index is 2.18. The Kier molecular flexibility index (Phi) is 2.40. The number of ether oxygens (including phenoxy) is 1. The molecule has 0 bridgehead atoms. The molecule has 17 heavy (non-hydrogen) atoms. The number of rotatable bonds is 1. The van der Waals surface area contributed by atoms with E-state index in [9.17, 15) is 8.78 Å². The van der Waals surface area contributed by atoms with Gasteiger partial charge in [-0.3, -0.25) is 0 Å². The summed E-state index contributed by atoms with van der Waals surface area (Å²) in [5.74, 6) is -1.87. The number of fused-ring (bicyclic) bond motifs is 1. The Morgan fingerprint density at radius 2 is 1.94 bits per heavy atom. The van der Waals surface area contributed by atoms with Crippen molar-refractivity contribution in [2.75, 3.05) is 31.2 Å². The SMILES string of the molecule is Fc1cc2nonc2c(N2CCOCC2)c1F. The van der Waals surface area contributed by atoms with Crippen molar-refractivity contribution in [3.63, 3.8) is 0 Å². The van der Waals surface area contributed by atoms with Crippen LogP contribution in [-0.4, -0.2) is 36.6 Å². The largest absolute Gasteiger partial charge is 0.378 e. The molecule has 5 nitrogen and oxygen atoms in total. The number of aromatic nitrogens is 2. The average Bonchev–Trinajstić information content (AvgIpc) is 2.79. The van der Waals surface area contributed by atoms with Gasteiger partial charge in [0, 0.05) is 19.2 Å². The molecule has 1 fully saturated rings. The second kappa shape index (κ2) is 3.92. The first-order valence-corrected chi connectivity index (χ1v) is 5.20. The molecule has 2 aromatic rings. The zero-order valence-electron chi connectivity index (χ0n) is 8.82. The van der Waals surface area contributed by atoms with Gasteiger partial charge in [-0.1, -0.05) is 0 Å². The highest BCUT2D eigenvalue weighted by atomic mass is 19.2. The minimum absolute atomic E-state index is 0.101. The summed E-state index contributed by atoms with van der Waals surface area (Å²) in [7, 11) is 0. The summed E-state index contributed by atoms with van der Waals surface area (Å²) in [6, 6.07) is 0.977. The van der Waals surface area contributed by atoms with Gasteiger partial charge < -0.3 is 9.64 Å². The number of morpholine rings is 1. The second-order valence-electron chi connectivity index (χ2n) is 3.75. The summed E-state index contributed by atoms with van der Waals surface area (Å²) in [5, 5.41) is 7.15. The molecule has 1 saturated heterocycles. The highest BCUT2D eigenvalue weighted by Gasteiger charge is 2.23. The molecule has 0 amide bonds. The lowest BCUT2D eigenvalue weighted by atomic mass is 10.2. The van der Waals surface area contributed by atoms with Crippen molar-refractivity contribution >= 4 is 16.7 Å². The maximum absolute atomic E-state index is 13.8. The molecule has 90 valence electrons. The summed E-state index contributed by atoms with van der Waals surface area (Å²) in [6.45, 7) is 1.93. The topological polar surface area (TPSA) is 51.4 Å². The van der Waals surface area contributed by atoms with E-state index in [2.05, 4.69) is 14.9 Å². The highest BCUT2D eigenvalue weighted by molar-refractivity contribution is 5.88. The van der Waals surface area contributed by atoms with Crippen LogP contribution in [0.15, 0.2) is 10.7 Å². The number of halogens is 2. The van der Waals surface area contributed by atoms with E-state index < -0.39 is 11.6 Å². The van der Waals surface area contributed by atoms with Gasteiger partial charge in [0.05, 0.1) is 13.2 Å². The number of benzene rings is 1. The van der Waals surface area contributed by atoms with Gasteiger partial charge in [-0.25, -0.2) is 13.4 Å². The Labute approximate surface area is 94.9 Å². The van der Waals surface area contributed by atoms with Crippen LogP contribution >= 0.6 is 0 Å². The van der Waals surface area contributed by atoms with Crippen LogP contribution in [-0.2, 0) is 4.74 Å². The van der Waals surface area contributed by atoms with E-state index in [0.717, 1.165) is 6.07 Å². The van der Waals surface area contributed by atoms with E-state index in [-0.39, 0.29) is 16.7 Å². The average molecular weight is 241 g/mol. The van der Waals surface area contributed by atoms with Crippen molar-refractivity contribution in [3.8, 4) is 0 Å². The van der Waals surface area contributed by atoms with Gasteiger partial charge in [0.25, 0.3) is 0 Å². The van der Waals surface area contributed by atoms with Crippen molar-refractivity contribution in [2.45, 2.75) is 0 Å². The standard InChI is InChI=1S/C10H9F2N3O2/c11-6-5-7-9(14-17-13-7)10(8(6)12)15-1-3-16-4-2-15/h5H,1-4H2. The number of hydrogen-bond acceptors (Lipinski definition) is 5. The first kappa shape index (κ1) is 10.4. The smallest absolute Gasteiger partial charge is 0.184 e. The summed E-state index contributed by atoms with van der Waals surface area (Å²) in [4.78, 5) is 1.69.